The third kappa shape index (κ3) is 2.87. The normalized spacial score (nSPS) is 24.8. The van der Waals surface area contributed by atoms with Crippen molar-refractivity contribution < 1.29 is 12.8 Å². The largest absolute Gasteiger partial charge is 0.326 e. The Morgan fingerprint density at radius 2 is 2.05 bits per heavy atom. The van der Waals surface area contributed by atoms with E-state index >= 15 is 0 Å². The standard InChI is InChI=1S/C14H21FN2O2S/c1-10-3-4-11(2)17(9-10)20(18,19)14-6-5-12(8-16)7-13(14)15/h5-7,10-11H,3-4,8-9,16H2,1-2H3. The van der Waals surface area contributed by atoms with Gasteiger partial charge < -0.3 is 5.73 Å². The van der Waals surface area contributed by atoms with Gasteiger partial charge in [-0.25, -0.2) is 12.8 Å². The number of benzene rings is 1. The van der Waals surface area contributed by atoms with Crippen molar-refractivity contribution in [1.82, 2.24) is 4.31 Å². The lowest BCUT2D eigenvalue weighted by Gasteiger charge is -2.35. The quantitative estimate of drug-likeness (QED) is 0.929. The Balaban J connectivity index is 2.39. The Bertz CT molecular complexity index is 589. The molecule has 112 valence electrons. The van der Waals surface area contributed by atoms with Crippen molar-refractivity contribution in [3.05, 3.63) is 29.6 Å². The van der Waals surface area contributed by atoms with Crippen LogP contribution in [0.5, 0.6) is 0 Å². The van der Waals surface area contributed by atoms with Crippen molar-refractivity contribution >= 4 is 10.0 Å². The molecule has 1 fully saturated rings. The first-order chi connectivity index (χ1) is 9.36. The Morgan fingerprint density at radius 1 is 1.35 bits per heavy atom. The molecule has 1 heterocycles. The van der Waals surface area contributed by atoms with Crippen LogP contribution in [0.2, 0.25) is 0 Å². The van der Waals surface area contributed by atoms with Gasteiger partial charge in [0, 0.05) is 19.1 Å². The van der Waals surface area contributed by atoms with Crippen LogP contribution in [-0.4, -0.2) is 25.3 Å². The number of nitrogens with two attached hydrogens (primary N) is 1. The minimum absolute atomic E-state index is 0.0928. The van der Waals surface area contributed by atoms with E-state index in [-0.39, 0.29) is 17.5 Å². The fourth-order valence-electron chi connectivity index (χ4n) is 2.59. The first kappa shape index (κ1) is 15.4. The molecule has 2 unspecified atom stereocenters. The molecule has 2 N–H and O–H groups in total. The van der Waals surface area contributed by atoms with Crippen molar-refractivity contribution in [3.8, 4) is 0 Å². The van der Waals surface area contributed by atoms with E-state index in [2.05, 4.69) is 0 Å². The van der Waals surface area contributed by atoms with E-state index in [0.29, 0.717) is 18.0 Å². The minimum atomic E-state index is -3.78. The number of sulfonamides is 1. The maximum absolute atomic E-state index is 14.1. The molecular weight excluding hydrogens is 279 g/mol. The maximum atomic E-state index is 14.1. The number of nitrogens with zero attached hydrogens (tertiary/aromatic N) is 1. The summed E-state index contributed by atoms with van der Waals surface area (Å²) >= 11 is 0. The van der Waals surface area contributed by atoms with Crippen molar-refractivity contribution in [1.29, 1.82) is 0 Å². The van der Waals surface area contributed by atoms with Gasteiger partial charge >= 0.3 is 0 Å². The fourth-order valence-corrected chi connectivity index (χ4v) is 4.42. The monoisotopic (exact) mass is 300 g/mol. The van der Waals surface area contributed by atoms with Gasteiger partial charge in [0.05, 0.1) is 0 Å². The van der Waals surface area contributed by atoms with Crippen LogP contribution in [0.1, 0.15) is 32.3 Å². The van der Waals surface area contributed by atoms with Crippen molar-refractivity contribution in [3.63, 3.8) is 0 Å². The van der Waals surface area contributed by atoms with Crippen LogP contribution in [0.25, 0.3) is 0 Å². The summed E-state index contributed by atoms with van der Waals surface area (Å²) in [6.07, 6.45) is 1.81. The Labute approximate surface area is 119 Å². The highest BCUT2D eigenvalue weighted by atomic mass is 32.2. The van der Waals surface area contributed by atoms with Crippen LogP contribution in [-0.2, 0) is 16.6 Å². The second-order valence-electron chi connectivity index (χ2n) is 5.58. The number of piperidine rings is 1. The molecule has 0 spiro atoms. The summed E-state index contributed by atoms with van der Waals surface area (Å²) < 4.78 is 40.7. The lowest BCUT2D eigenvalue weighted by atomic mass is 9.97. The molecule has 1 saturated heterocycles. The first-order valence-electron chi connectivity index (χ1n) is 6.86. The lowest BCUT2D eigenvalue weighted by Crippen LogP contribution is -2.45. The van der Waals surface area contributed by atoms with Crippen molar-refractivity contribution in [2.45, 2.75) is 44.2 Å². The summed E-state index contributed by atoms with van der Waals surface area (Å²) in [6.45, 7) is 4.52. The third-order valence-corrected chi connectivity index (χ3v) is 5.89. The molecule has 1 aliphatic rings. The summed E-state index contributed by atoms with van der Waals surface area (Å²) in [5.41, 5.74) is 6.02. The summed E-state index contributed by atoms with van der Waals surface area (Å²) in [7, 11) is -3.78. The molecule has 20 heavy (non-hydrogen) atoms. The second-order valence-corrected chi connectivity index (χ2v) is 7.43. The molecule has 4 nitrogen and oxygen atoms in total. The summed E-state index contributed by atoms with van der Waals surface area (Å²) in [5, 5.41) is 0. The van der Waals surface area contributed by atoms with Crippen molar-refractivity contribution in [2.24, 2.45) is 11.7 Å². The summed E-state index contributed by atoms with van der Waals surface area (Å²) in [5.74, 6) is -0.425. The average molecular weight is 300 g/mol. The zero-order chi connectivity index (χ0) is 14.9. The smallest absolute Gasteiger partial charge is 0.246 e. The highest BCUT2D eigenvalue weighted by Gasteiger charge is 2.34. The SMILES string of the molecule is CC1CCC(C)N(S(=O)(=O)c2ccc(CN)cc2F)C1. The lowest BCUT2D eigenvalue weighted by molar-refractivity contribution is 0.217. The van der Waals surface area contributed by atoms with E-state index in [1.54, 1.807) is 6.07 Å². The Morgan fingerprint density at radius 3 is 2.65 bits per heavy atom. The van der Waals surface area contributed by atoms with Gasteiger partial charge in [-0.3, -0.25) is 0 Å². The predicted octanol–water partition coefficient (Wildman–Crippen LogP) is 2.09. The minimum Gasteiger partial charge on any atom is -0.326 e. The molecule has 0 bridgehead atoms. The van der Waals surface area contributed by atoms with Crippen LogP contribution in [0.3, 0.4) is 0 Å². The van der Waals surface area contributed by atoms with Crippen LogP contribution in [0.4, 0.5) is 4.39 Å². The molecule has 1 aromatic carbocycles. The molecule has 2 rings (SSSR count). The number of hydrogen-bond donors (Lipinski definition) is 1. The molecule has 1 aromatic rings. The van der Waals surface area contributed by atoms with Gasteiger partial charge in [-0.2, -0.15) is 4.31 Å². The molecule has 0 amide bonds. The fraction of sp³-hybridized carbons (Fsp3) is 0.571. The van der Waals surface area contributed by atoms with Crippen LogP contribution >= 0.6 is 0 Å². The predicted molar refractivity (Wildman–Crippen MR) is 76.0 cm³/mol. The topological polar surface area (TPSA) is 63.4 Å². The van der Waals surface area contributed by atoms with E-state index in [0.717, 1.165) is 12.8 Å². The van der Waals surface area contributed by atoms with E-state index in [1.807, 2.05) is 13.8 Å². The summed E-state index contributed by atoms with van der Waals surface area (Å²) in [6, 6.07) is 3.99. The molecular formula is C14H21FN2O2S. The van der Waals surface area contributed by atoms with Gasteiger partial charge in [0.2, 0.25) is 10.0 Å². The molecule has 0 saturated carbocycles. The van der Waals surface area contributed by atoms with Gasteiger partial charge in [0.25, 0.3) is 0 Å². The second kappa shape index (κ2) is 5.79. The number of rotatable bonds is 3. The molecule has 0 aliphatic carbocycles. The zero-order valence-corrected chi connectivity index (χ0v) is 12.7. The van der Waals surface area contributed by atoms with Gasteiger partial charge in [-0.05, 0) is 43.4 Å². The molecule has 0 aromatic heterocycles. The molecule has 6 heteroatoms. The average Bonchev–Trinajstić information content (AvgIpc) is 2.40. The highest BCUT2D eigenvalue weighted by molar-refractivity contribution is 7.89. The summed E-state index contributed by atoms with van der Waals surface area (Å²) in [4.78, 5) is -0.254. The van der Waals surface area contributed by atoms with Crippen LogP contribution in [0, 0.1) is 11.7 Å². The van der Waals surface area contributed by atoms with Crippen LogP contribution in [0.15, 0.2) is 23.1 Å². The number of hydrogen-bond acceptors (Lipinski definition) is 3. The van der Waals surface area contributed by atoms with Gasteiger partial charge in [-0.15, -0.1) is 0 Å². The van der Waals surface area contributed by atoms with E-state index < -0.39 is 15.8 Å². The van der Waals surface area contributed by atoms with E-state index in [1.165, 1.54) is 16.4 Å². The van der Waals surface area contributed by atoms with Gasteiger partial charge in [0.1, 0.15) is 10.7 Å². The van der Waals surface area contributed by atoms with Gasteiger partial charge in [-0.1, -0.05) is 13.0 Å². The highest BCUT2D eigenvalue weighted by Crippen LogP contribution is 2.29. The van der Waals surface area contributed by atoms with E-state index in [4.69, 9.17) is 5.73 Å². The van der Waals surface area contributed by atoms with E-state index in [9.17, 15) is 12.8 Å². The molecule has 1 aliphatic heterocycles. The molecule has 0 radical (unpaired) electrons. The molecule has 2 atom stereocenters. The Kier molecular flexibility index (Phi) is 4.46. The number of halogens is 1. The zero-order valence-electron chi connectivity index (χ0n) is 11.8. The maximum Gasteiger partial charge on any atom is 0.246 e. The van der Waals surface area contributed by atoms with Crippen molar-refractivity contribution in [2.75, 3.05) is 6.54 Å². The van der Waals surface area contributed by atoms with Gasteiger partial charge in [0.15, 0.2) is 0 Å². The third-order valence-electron chi connectivity index (χ3n) is 3.88. The Hall–Kier alpha value is -0.980. The van der Waals surface area contributed by atoms with Crippen LogP contribution < -0.4 is 5.73 Å². The first-order valence-corrected chi connectivity index (χ1v) is 8.30.